The fourth-order valence-electron chi connectivity index (χ4n) is 2.29. The molecule has 0 aliphatic carbocycles. The Balaban J connectivity index is 2.75. The smallest absolute Gasteiger partial charge is 0.134 e. The van der Waals surface area contributed by atoms with E-state index >= 15 is 0 Å². The van der Waals surface area contributed by atoms with E-state index in [9.17, 15) is 0 Å². The number of aromatic nitrogens is 2. The lowest BCUT2D eigenvalue weighted by Gasteiger charge is -2.12. The summed E-state index contributed by atoms with van der Waals surface area (Å²) in [5.74, 6) is 0.616. The number of nitrogens with one attached hydrogen (secondary N) is 1. The Morgan fingerprint density at radius 2 is 1.61 bits per heavy atom. The topological polar surface area (TPSA) is 37.8 Å². The van der Waals surface area contributed by atoms with Gasteiger partial charge >= 0.3 is 0 Å². The highest BCUT2D eigenvalue weighted by atomic mass is 32.1. The fourth-order valence-corrected chi connectivity index (χ4v) is 3.47. The largest absolute Gasteiger partial charge is 0.308 e. The monoisotopic (exact) mass is 269 g/mol. The quantitative estimate of drug-likeness (QED) is 0.727. The zero-order valence-corrected chi connectivity index (χ0v) is 13.0. The first kappa shape index (κ1) is 15.6. The summed E-state index contributed by atoms with van der Waals surface area (Å²) in [5.41, 5.74) is 0. The van der Waals surface area contributed by atoms with Gasteiger partial charge in [0.25, 0.3) is 0 Å². The van der Waals surface area contributed by atoms with Crippen molar-refractivity contribution in [2.24, 2.45) is 0 Å². The van der Waals surface area contributed by atoms with Gasteiger partial charge in [0.05, 0.1) is 6.04 Å². The molecule has 0 saturated heterocycles. The van der Waals surface area contributed by atoms with Crippen molar-refractivity contribution in [3.05, 3.63) is 10.0 Å². The Morgan fingerprint density at radius 1 is 1.00 bits per heavy atom. The lowest BCUT2D eigenvalue weighted by molar-refractivity contribution is 0.528. The second-order valence-electron chi connectivity index (χ2n) is 4.77. The fraction of sp³-hybridized carbons (Fsp3) is 0.857. The van der Waals surface area contributed by atoms with E-state index in [0.717, 1.165) is 18.0 Å². The standard InChI is InChI=1S/C14H27N3S/c1-5-9-11(10-6-2)13-16-17-14(18-13)12(7-3)15-8-4/h11-12,15H,5-10H2,1-4H3. The van der Waals surface area contributed by atoms with Crippen LogP contribution in [-0.2, 0) is 0 Å². The van der Waals surface area contributed by atoms with Crippen molar-refractivity contribution in [3.63, 3.8) is 0 Å². The van der Waals surface area contributed by atoms with E-state index in [2.05, 4.69) is 43.2 Å². The summed E-state index contributed by atoms with van der Waals surface area (Å²) < 4.78 is 0. The molecule has 0 bridgehead atoms. The van der Waals surface area contributed by atoms with Crippen LogP contribution in [0, 0.1) is 0 Å². The highest BCUT2D eigenvalue weighted by Crippen LogP contribution is 2.31. The van der Waals surface area contributed by atoms with Gasteiger partial charge in [-0.1, -0.05) is 51.9 Å². The Bertz CT molecular complexity index is 319. The minimum Gasteiger partial charge on any atom is -0.308 e. The molecule has 0 aromatic carbocycles. The Labute approximate surface area is 115 Å². The molecule has 1 aromatic rings. The first-order valence-corrected chi connectivity index (χ1v) is 8.14. The van der Waals surface area contributed by atoms with Gasteiger partial charge in [-0.2, -0.15) is 0 Å². The summed E-state index contributed by atoms with van der Waals surface area (Å²) in [6, 6.07) is 0.380. The van der Waals surface area contributed by atoms with Gasteiger partial charge in [0.1, 0.15) is 10.0 Å². The van der Waals surface area contributed by atoms with Crippen molar-refractivity contribution in [1.29, 1.82) is 0 Å². The summed E-state index contributed by atoms with van der Waals surface area (Å²) >= 11 is 1.81. The van der Waals surface area contributed by atoms with Gasteiger partial charge in [-0.05, 0) is 25.8 Å². The van der Waals surface area contributed by atoms with Crippen LogP contribution >= 0.6 is 11.3 Å². The maximum absolute atomic E-state index is 4.43. The molecule has 1 N–H and O–H groups in total. The molecule has 18 heavy (non-hydrogen) atoms. The zero-order valence-electron chi connectivity index (χ0n) is 12.2. The minimum atomic E-state index is 0.380. The third-order valence-corrected chi connectivity index (χ3v) is 4.44. The van der Waals surface area contributed by atoms with Crippen molar-refractivity contribution in [3.8, 4) is 0 Å². The molecule has 0 radical (unpaired) electrons. The maximum Gasteiger partial charge on any atom is 0.134 e. The van der Waals surface area contributed by atoms with Crippen molar-refractivity contribution in [1.82, 2.24) is 15.5 Å². The molecule has 0 aliphatic heterocycles. The Hall–Kier alpha value is -0.480. The van der Waals surface area contributed by atoms with Gasteiger partial charge in [0.15, 0.2) is 0 Å². The maximum atomic E-state index is 4.43. The summed E-state index contributed by atoms with van der Waals surface area (Å²) in [7, 11) is 0. The molecular weight excluding hydrogens is 242 g/mol. The molecule has 104 valence electrons. The Morgan fingerprint density at radius 3 is 2.11 bits per heavy atom. The van der Waals surface area contributed by atoms with Crippen LogP contribution in [0.2, 0.25) is 0 Å². The lowest BCUT2D eigenvalue weighted by atomic mass is 9.99. The molecule has 0 aliphatic rings. The van der Waals surface area contributed by atoms with Crippen LogP contribution in [0.5, 0.6) is 0 Å². The third kappa shape index (κ3) is 4.32. The highest BCUT2D eigenvalue weighted by Gasteiger charge is 2.18. The normalized spacial score (nSPS) is 13.2. The molecule has 0 fully saturated rings. The molecule has 1 aromatic heterocycles. The average Bonchev–Trinajstić information content (AvgIpc) is 2.85. The number of rotatable bonds is 9. The molecule has 1 heterocycles. The van der Waals surface area contributed by atoms with E-state index in [1.807, 2.05) is 11.3 Å². The highest BCUT2D eigenvalue weighted by molar-refractivity contribution is 7.11. The molecule has 0 amide bonds. The van der Waals surface area contributed by atoms with Crippen LogP contribution in [0.3, 0.4) is 0 Å². The van der Waals surface area contributed by atoms with Gasteiger partial charge in [0, 0.05) is 5.92 Å². The van der Waals surface area contributed by atoms with E-state index in [4.69, 9.17) is 0 Å². The van der Waals surface area contributed by atoms with Crippen molar-refractivity contribution in [2.75, 3.05) is 6.54 Å². The van der Waals surface area contributed by atoms with Crippen LogP contribution in [0.4, 0.5) is 0 Å². The van der Waals surface area contributed by atoms with Gasteiger partial charge in [0.2, 0.25) is 0 Å². The molecule has 1 atom stereocenters. The van der Waals surface area contributed by atoms with Crippen LogP contribution in [0.15, 0.2) is 0 Å². The molecule has 1 unspecified atom stereocenters. The predicted octanol–water partition coefficient (Wildman–Crippen LogP) is 4.28. The summed E-state index contributed by atoms with van der Waals surface area (Å²) in [5, 5.41) is 14.7. The third-order valence-electron chi connectivity index (χ3n) is 3.24. The number of nitrogens with zero attached hydrogens (tertiary/aromatic N) is 2. The molecule has 0 spiro atoms. The van der Waals surface area contributed by atoms with Crippen LogP contribution < -0.4 is 5.32 Å². The van der Waals surface area contributed by atoms with Crippen LogP contribution in [-0.4, -0.2) is 16.7 Å². The SMILES string of the molecule is CCCC(CCC)c1nnc(C(CC)NCC)s1. The molecule has 3 nitrogen and oxygen atoms in total. The van der Waals surface area contributed by atoms with E-state index in [0.29, 0.717) is 12.0 Å². The number of hydrogen-bond donors (Lipinski definition) is 1. The summed E-state index contributed by atoms with van der Waals surface area (Å²) in [4.78, 5) is 0. The summed E-state index contributed by atoms with van der Waals surface area (Å²) in [6.07, 6.45) is 6.00. The van der Waals surface area contributed by atoms with E-state index < -0.39 is 0 Å². The molecule has 1 rings (SSSR count). The van der Waals surface area contributed by atoms with Gasteiger partial charge in [-0.3, -0.25) is 0 Å². The first-order valence-electron chi connectivity index (χ1n) is 7.33. The molecule has 4 heteroatoms. The molecule has 0 saturated carbocycles. The average molecular weight is 269 g/mol. The predicted molar refractivity (Wildman–Crippen MR) is 79.2 cm³/mol. The van der Waals surface area contributed by atoms with E-state index in [-0.39, 0.29) is 0 Å². The van der Waals surface area contributed by atoms with Crippen molar-refractivity contribution >= 4 is 11.3 Å². The van der Waals surface area contributed by atoms with Gasteiger partial charge in [-0.15, -0.1) is 10.2 Å². The van der Waals surface area contributed by atoms with Gasteiger partial charge < -0.3 is 5.32 Å². The lowest BCUT2D eigenvalue weighted by Crippen LogP contribution is -2.19. The van der Waals surface area contributed by atoms with E-state index in [1.165, 1.54) is 30.7 Å². The number of hydrogen-bond acceptors (Lipinski definition) is 4. The summed E-state index contributed by atoms with van der Waals surface area (Å²) in [6.45, 7) is 9.82. The first-order chi connectivity index (χ1) is 8.76. The minimum absolute atomic E-state index is 0.380. The van der Waals surface area contributed by atoms with E-state index in [1.54, 1.807) is 0 Å². The van der Waals surface area contributed by atoms with Gasteiger partial charge in [-0.25, -0.2) is 0 Å². The van der Waals surface area contributed by atoms with Crippen molar-refractivity contribution in [2.45, 2.75) is 71.8 Å². The molecular formula is C14H27N3S. The van der Waals surface area contributed by atoms with Crippen LogP contribution in [0.1, 0.15) is 81.8 Å². The Kier molecular flexibility index (Phi) is 7.44. The van der Waals surface area contributed by atoms with Crippen molar-refractivity contribution < 1.29 is 0 Å². The second-order valence-corrected chi connectivity index (χ2v) is 5.81. The zero-order chi connectivity index (χ0) is 13.4. The second kappa shape index (κ2) is 8.59. The van der Waals surface area contributed by atoms with Crippen LogP contribution in [0.25, 0.3) is 0 Å².